The third-order valence-corrected chi connectivity index (χ3v) is 24.3. The number of benzene rings is 4. The molecular formula is C108H170N8O20. The molecule has 136 heavy (non-hydrogen) atoms. The lowest BCUT2D eigenvalue weighted by molar-refractivity contribution is 0.0160. The first-order valence-electron chi connectivity index (χ1n) is 52.5. The van der Waals surface area contributed by atoms with E-state index in [4.69, 9.17) is 125 Å². The number of aromatic amines is 2. The van der Waals surface area contributed by atoms with Crippen LogP contribution >= 0.6 is 0 Å². The largest absolute Gasteiger partial charge is 0.490 e. The Balaban J connectivity index is 1.26. The van der Waals surface area contributed by atoms with Crippen molar-refractivity contribution in [3.05, 3.63) is 48.5 Å². The van der Waals surface area contributed by atoms with Gasteiger partial charge < -0.3 is 105 Å². The first kappa shape index (κ1) is 112. The van der Waals surface area contributed by atoms with Gasteiger partial charge in [-0.1, -0.05) is 259 Å². The van der Waals surface area contributed by atoms with Crippen LogP contribution in [-0.4, -0.2) is 253 Å². The molecule has 9 rings (SSSR count). The zero-order chi connectivity index (χ0) is 95.4. The minimum atomic E-state index is 0.178. The van der Waals surface area contributed by atoms with Crippen molar-refractivity contribution in [1.82, 2.24) is 39.9 Å². The van der Waals surface area contributed by atoms with E-state index < -0.39 is 0 Å². The van der Waals surface area contributed by atoms with Crippen LogP contribution in [0.1, 0.15) is 285 Å². The molecular weight excluding hydrogens is 1730 g/mol. The Bertz CT molecular complexity index is 3950. The highest BCUT2D eigenvalue weighted by atomic mass is 16.6. The summed E-state index contributed by atoms with van der Waals surface area (Å²) in [6, 6.07) is 15.9. The third kappa shape index (κ3) is 42.3. The van der Waals surface area contributed by atoms with E-state index in [-0.39, 0.29) is 52.9 Å². The second kappa shape index (κ2) is 71.6. The van der Waals surface area contributed by atoms with Gasteiger partial charge in [-0.15, -0.1) is 0 Å². The van der Waals surface area contributed by atoms with Gasteiger partial charge in [-0.3, -0.25) is 0 Å². The zero-order valence-corrected chi connectivity index (χ0v) is 84.6. The number of ether oxygens (including phenoxy) is 20. The molecule has 3 aromatic heterocycles. The average molecular weight is 1900 g/mol. The molecule has 7 aromatic rings. The van der Waals surface area contributed by atoms with E-state index >= 15 is 0 Å². The summed E-state index contributed by atoms with van der Waals surface area (Å²) < 4.78 is 123. The van der Waals surface area contributed by atoms with Gasteiger partial charge in [-0.05, 0) is 74.2 Å². The van der Waals surface area contributed by atoms with Crippen molar-refractivity contribution in [2.24, 2.45) is 0 Å². The molecule has 0 aliphatic carbocycles. The highest BCUT2D eigenvalue weighted by Gasteiger charge is 2.29. The van der Waals surface area contributed by atoms with Gasteiger partial charge in [0.2, 0.25) is 0 Å². The van der Waals surface area contributed by atoms with Crippen molar-refractivity contribution in [2.75, 3.05) is 213 Å². The summed E-state index contributed by atoms with van der Waals surface area (Å²) in [5.41, 5.74) is 4.40. The number of fused-ring (bicyclic) bond motifs is 20. The number of hydrogen-bond acceptors (Lipinski definition) is 26. The maximum atomic E-state index is 6.99. The van der Waals surface area contributed by atoms with Gasteiger partial charge in [0.15, 0.2) is 69.3 Å². The number of nitrogens with zero attached hydrogens (tertiary/aromatic N) is 6. The maximum absolute atomic E-state index is 6.99. The van der Waals surface area contributed by atoms with Crippen molar-refractivity contribution in [3.8, 4) is 91.5 Å². The first-order chi connectivity index (χ1) is 67.3. The number of rotatable bonds is 88. The molecule has 28 heteroatoms. The molecule has 0 unspecified atom stereocenters. The van der Waals surface area contributed by atoms with E-state index in [1.807, 2.05) is 48.5 Å². The van der Waals surface area contributed by atoms with Crippen LogP contribution in [0.15, 0.2) is 48.5 Å². The van der Waals surface area contributed by atoms with Crippen molar-refractivity contribution in [1.29, 1.82) is 0 Å². The van der Waals surface area contributed by atoms with E-state index in [0.29, 0.717) is 268 Å². The Labute approximate surface area is 812 Å². The standard InChI is InChI=1S/C108H170N8O20/c1-9-13-17-21-25-29-33-37-41-45-49-129-93-77-85-86(78-94(93)130-50-46-42-38-34-30-26-22-18-14-10-2)102-109-101(85)111-105-89-81-97(133-73-69-125-65-61-121-57-53-117-5)98(134-74-70-126-66-62-122-58-54-118-6)82-90(89)107(115-105)113-103-87-79-95(131-51-47-43-39-35-31-27-23-19-15-11-3)96(132-52-48-44-40-36-32-28-24-20-16-12-4)80-88(87)104(110-103)114-108-92-84-100(136-76-72-128-68-64-124-60-56-120-8)99(83-91(92)106(112-102)116-108)135-75-71-127-67-63-123-59-55-119-7/h77-84H,9-76H2,1-8H3,(H2,109,110,111,112,113,114,115,116). The fraction of sp³-hybridized carbons (Fsp3) is 0.704. The highest BCUT2D eigenvalue weighted by Crippen LogP contribution is 2.47. The van der Waals surface area contributed by atoms with Crippen LogP contribution in [0.25, 0.3) is 89.7 Å². The summed E-state index contributed by atoms with van der Waals surface area (Å²) in [4.78, 5) is 41.2. The number of hydrogen-bond donors (Lipinski definition) is 2. The van der Waals surface area contributed by atoms with Crippen LogP contribution in [0.5, 0.6) is 46.0 Å². The quantitative estimate of drug-likeness (QED) is 0.0335. The molecule has 2 N–H and O–H groups in total. The van der Waals surface area contributed by atoms with Crippen molar-refractivity contribution in [3.63, 3.8) is 0 Å². The molecule has 5 heterocycles. The molecule has 0 amide bonds. The number of nitrogens with one attached hydrogen (secondary N) is 2. The zero-order valence-electron chi connectivity index (χ0n) is 84.6. The molecule has 0 saturated carbocycles. The van der Waals surface area contributed by atoms with Gasteiger partial charge in [0.05, 0.1) is 159 Å². The van der Waals surface area contributed by atoms with Gasteiger partial charge in [-0.2, -0.15) is 0 Å². The van der Waals surface area contributed by atoms with Crippen LogP contribution in [-0.2, 0) is 56.8 Å². The molecule has 4 aromatic carbocycles. The number of aromatic nitrogens is 8. The molecule has 2 aliphatic rings. The highest BCUT2D eigenvalue weighted by molar-refractivity contribution is 6.08. The Hall–Kier alpha value is -7.84. The van der Waals surface area contributed by atoms with E-state index in [9.17, 15) is 0 Å². The minimum Gasteiger partial charge on any atom is -0.490 e. The Kier molecular flexibility index (Phi) is 58.8. The summed E-state index contributed by atoms with van der Waals surface area (Å²) >= 11 is 0. The summed E-state index contributed by atoms with van der Waals surface area (Å²) in [5.74, 6) is 5.57. The lowest BCUT2D eigenvalue weighted by atomic mass is 10.1. The maximum Gasteiger partial charge on any atom is 0.164 e. The van der Waals surface area contributed by atoms with Gasteiger partial charge in [0.25, 0.3) is 0 Å². The van der Waals surface area contributed by atoms with Crippen LogP contribution in [0, 0.1) is 0 Å². The predicted octanol–water partition coefficient (Wildman–Crippen LogP) is 24.3. The Morgan fingerprint density at radius 2 is 0.324 bits per heavy atom. The monoisotopic (exact) mass is 1900 g/mol. The summed E-state index contributed by atoms with van der Waals surface area (Å²) in [5, 5.41) is 2.61. The molecule has 0 atom stereocenters. The number of methoxy groups -OCH3 is 4. The molecule has 2 aliphatic heterocycles. The molecule has 0 fully saturated rings. The van der Waals surface area contributed by atoms with Gasteiger partial charge in [-0.25, -0.2) is 29.9 Å². The topological polar surface area (TPSA) is 294 Å². The fourth-order valence-electron chi connectivity index (χ4n) is 16.5. The predicted molar refractivity (Wildman–Crippen MR) is 541 cm³/mol. The van der Waals surface area contributed by atoms with Crippen LogP contribution in [0.3, 0.4) is 0 Å². The minimum absolute atomic E-state index is 0.178. The summed E-state index contributed by atoms with van der Waals surface area (Å²) in [6.07, 6.45) is 47.9. The van der Waals surface area contributed by atoms with Crippen molar-refractivity contribution >= 4 is 44.1 Å². The molecule has 0 spiro atoms. The first-order valence-corrected chi connectivity index (χ1v) is 52.5. The normalized spacial score (nSPS) is 11.8. The van der Waals surface area contributed by atoms with Crippen molar-refractivity contribution in [2.45, 2.75) is 285 Å². The fourth-order valence-corrected chi connectivity index (χ4v) is 16.5. The van der Waals surface area contributed by atoms with E-state index in [1.165, 1.54) is 180 Å². The van der Waals surface area contributed by atoms with Crippen LogP contribution in [0.4, 0.5) is 0 Å². The summed E-state index contributed by atoms with van der Waals surface area (Å²) in [6.45, 7) is 19.7. The third-order valence-electron chi connectivity index (χ3n) is 24.3. The van der Waals surface area contributed by atoms with Gasteiger partial charge in [0.1, 0.15) is 49.0 Å². The molecule has 0 radical (unpaired) electrons. The molecule has 28 nitrogen and oxygen atoms in total. The van der Waals surface area contributed by atoms with E-state index in [0.717, 1.165) is 77.0 Å². The molecule has 0 saturated heterocycles. The second-order valence-electron chi connectivity index (χ2n) is 35.4. The van der Waals surface area contributed by atoms with Crippen LogP contribution < -0.4 is 37.9 Å². The summed E-state index contributed by atoms with van der Waals surface area (Å²) in [7, 11) is 6.62. The Morgan fingerprint density at radius 1 is 0.169 bits per heavy atom. The van der Waals surface area contributed by atoms with E-state index in [1.54, 1.807) is 28.4 Å². The average Bonchev–Trinajstić information content (AvgIpc) is 1.59. The van der Waals surface area contributed by atoms with Gasteiger partial charge >= 0.3 is 0 Å². The SMILES string of the molecule is CCCCCCCCCCCCOc1cc2c(cc1OCCCCCCCCCCCC)-c1nc-2nc2[nH]c(nc3nc(nc4[nH]c(n1)c1cc(OCCOCCOCCOC)c(OCCOCCOCCOC)cc41)-c1cc(OCCCCCCCCCCCC)c(OCCCCCCCCCCCC)cc1-3)c1cc(OCCOCCOCCOC)c(OCCOCCOCCOC)cc21. The lowest BCUT2D eigenvalue weighted by Gasteiger charge is -2.15. The lowest BCUT2D eigenvalue weighted by Crippen LogP contribution is -2.14. The molecule has 762 valence electrons. The number of H-pyrrole nitrogens is 2. The number of unbranched alkanes of at least 4 members (excludes halogenated alkanes) is 36. The smallest absolute Gasteiger partial charge is 0.164 e. The van der Waals surface area contributed by atoms with Gasteiger partial charge in [0, 0.05) is 72.2 Å². The Morgan fingerprint density at radius 3 is 0.507 bits per heavy atom. The van der Waals surface area contributed by atoms with Crippen molar-refractivity contribution < 1.29 is 94.7 Å². The van der Waals surface area contributed by atoms with Crippen LogP contribution in [0.2, 0.25) is 0 Å². The second-order valence-corrected chi connectivity index (χ2v) is 35.4. The molecule has 8 bridgehead atoms. The van der Waals surface area contributed by atoms with E-state index in [2.05, 4.69) is 37.7 Å².